The molecule has 3 heteroatoms. The molecule has 60 heavy (non-hydrogen) atoms. The minimum Gasteiger partial charge on any atom is -0.270 e. The largest absolute Gasteiger partial charge is 0.270 e. The van der Waals surface area contributed by atoms with Crippen LogP contribution in [-0.4, -0.2) is 24.9 Å². The molecule has 0 atom stereocenters. The fourth-order valence-electron chi connectivity index (χ4n) is 9.70. The van der Waals surface area contributed by atoms with Crippen LogP contribution in [-0.2, 0) is 12.8 Å². The van der Waals surface area contributed by atoms with Gasteiger partial charge in [0.25, 0.3) is 0 Å². The van der Waals surface area contributed by atoms with E-state index in [0.29, 0.717) is 11.7 Å². The van der Waals surface area contributed by atoms with E-state index in [1.165, 1.54) is 88.4 Å². The number of amidine groups is 2. The summed E-state index contributed by atoms with van der Waals surface area (Å²) >= 11 is 0. The average Bonchev–Trinajstić information content (AvgIpc) is 3.88. The van der Waals surface area contributed by atoms with Gasteiger partial charge in [-0.05, 0) is 135 Å². The molecule has 0 aliphatic heterocycles. The van der Waals surface area contributed by atoms with Gasteiger partial charge in [0, 0.05) is 30.0 Å². The van der Waals surface area contributed by atoms with Crippen molar-refractivity contribution in [2.24, 2.45) is 15.0 Å². The quantitative estimate of drug-likeness (QED) is 0.0671. The van der Waals surface area contributed by atoms with E-state index in [0.717, 1.165) is 55.2 Å². The summed E-state index contributed by atoms with van der Waals surface area (Å²) < 4.78 is 0. The summed E-state index contributed by atoms with van der Waals surface area (Å²) in [4.78, 5) is 14.9. The average molecular weight is 774 g/mol. The molecule has 0 saturated heterocycles. The van der Waals surface area contributed by atoms with Gasteiger partial charge >= 0.3 is 0 Å². The molecule has 0 aromatic heterocycles. The number of benzene rings is 6. The van der Waals surface area contributed by atoms with Crippen molar-refractivity contribution in [1.82, 2.24) is 0 Å². The van der Waals surface area contributed by atoms with Crippen molar-refractivity contribution in [2.75, 3.05) is 7.05 Å². The highest BCUT2D eigenvalue weighted by Crippen LogP contribution is 2.48. The first-order chi connectivity index (χ1) is 29.6. The third-order valence-electron chi connectivity index (χ3n) is 12.6. The van der Waals surface area contributed by atoms with Gasteiger partial charge in [-0.1, -0.05) is 163 Å². The van der Waals surface area contributed by atoms with Crippen LogP contribution in [0.15, 0.2) is 196 Å². The van der Waals surface area contributed by atoms with E-state index in [9.17, 15) is 0 Å². The summed E-state index contributed by atoms with van der Waals surface area (Å²) in [5.74, 6) is 1.19. The molecule has 0 heterocycles. The summed E-state index contributed by atoms with van der Waals surface area (Å²) in [5.41, 5.74) is 19.2. The summed E-state index contributed by atoms with van der Waals surface area (Å²) in [6.07, 6.45) is 23.2. The fourth-order valence-corrected chi connectivity index (χ4v) is 9.70. The summed E-state index contributed by atoms with van der Waals surface area (Å²) in [5, 5.41) is 5.15. The van der Waals surface area contributed by atoms with Crippen LogP contribution in [0, 0.1) is 0 Å². The minimum atomic E-state index is 0.583. The number of aliphatic imine (C=N–C) groups is 3. The van der Waals surface area contributed by atoms with E-state index in [1.54, 1.807) is 13.1 Å². The molecule has 0 unspecified atom stereocenters. The van der Waals surface area contributed by atoms with Crippen LogP contribution in [0.3, 0.4) is 0 Å². The zero-order valence-electron chi connectivity index (χ0n) is 34.4. The normalized spacial score (nSPS) is 16.6. The second-order valence-electron chi connectivity index (χ2n) is 16.1. The van der Waals surface area contributed by atoms with E-state index in [-0.39, 0.29) is 0 Å². The Morgan fingerprint density at radius 1 is 0.717 bits per heavy atom. The van der Waals surface area contributed by atoms with Gasteiger partial charge in [0.05, 0.1) is 0 Å². The fraction of sp³-hybridized carbons (Fsp3) is 0.140. The van der Waals surface area contributed by atoms with E-state index in [4.69, 9.17) is 9.98 Å². The maximum absolute atomic E-state index is 5.16. The van der Waals surface area contributed by atoms with Crippen molar-refractivity contribution in [3.8, 4) is 11.1 Å². The lowest BCUT2D eigenvalue weighted by Crippen LogP contribution is -2.07. The standard InChI is InChI=1S/C57H47N3/c1-4-6-15-37(5-2)56(58-3)60-57(59-36-46-20-13-18-44-32-40-16-8-10-22-49(40)54(44)46)39-28-26-38(27-29-39)48-25-14-19-45-33-42-30-31-43(35-53(42)55(45)48)52-34-41-17-7-9-21-47(41)50-23-11-12-24-51(50)52/h4-7,9-13,15,17-18,20-31,34-36H,2,8,14,16,19,32-33H2,1,3H3/b6-4-,37-15+,58-56-,59-36+,60-57-. The molecule has 290 valence electrons. The van der Waals surface area contributed by atoms with Crippen LogP contribution in [0.25, 0.3) is 49.4 Å². The molecule has 0 bridgehead atoms. The molecule has 0 amide bonds. The molecule has 0 fully saturated rings. The van der Waals surface area contributed by atoms with Gasteiger partial charge < -0.3 is 0 Å². The van der Waals surface area contributed by atoms with E-state index in [2.05, 4.69) is 145 Å². The summed E-state index contributed by atoms with van der Waals surface area (Å²) in [7, 11) is 1.78. The Morgan fingerprint density at radius 3 is 2.33 bits per heavy atom. The SMILES string of the molecule is C=CC(=C\C=C/C)/C(=N/C)/N=C(\N=C\c1cccc2c1C1=C(CCC=C1)C2)c1ccc(C2=CCCC3=C2c2cc(-c4cc5ccccc5c5ccccc45)ccc2C3)cc1. The van der Waals surface area contributed by atoms with Gasteiger partial charge in [-0.2, -0.15) is 0 Å². The molecule has 0 N–H and O–H groups in total. The van der Waals surface area contributed by atoms with Crippen LogP contribution >= 0.6 is 0 Å². The van der Waals surface area contributed by atoms with Crippen LogP contribution in [0.2, 0.25) is 0 Å². The van der Waals surface area contributed by atoms with E-state index < -0.39 is 0 Å². The van der Waals surface area contributed by atoms with Crippen molar-refractivity contribution in [3.63, 3.8) is 0 Å². The van der Waals surface area contributed by atoms with Crippen LogP contribution in [0.4, 0.5) is 0 Å². The minimum absolute atomic E-state index is 0.583. The molecule has 4 aliphatic carbocycles. The second kappa shape index (κ2) is 16.0. The lowest BCUT2D eigenvalue weighted by molar-refractivity contribution is 0.935. The zero-order chi connectivity index (χ0) is 40.6. The first kappa shape index (κ1) is 37.3. The third kappa shape index (κ3) is 6.70. The summed E-state index contributed by atoms with van der Waals surface area (Å²) in [6.45, 7) is 6.07. The lowest BCUT2D eigenvalue weighted by Gasteiger charge is -2.19. The molecule has 4 aliphatic rings. The van der Waals surface area contributed by atoms with Gasteiger partial charge in [0.15, 0.2) is 11.7 Å². The highest BCUT2D eigenvalue weighted by molar-refractivity contribution is 6.17. The Kier molecular flexibility index (Phi) is 9.95. The number of hydrogen-bond donors (Lipinski definition) is 0. The Balaban J connectivity index is 1.02. The number of rotatable bonds is 7. The predicted octanol–water partition coefficient (Wildman–Crippen LogP) is 14.1. The zero-order valence-corrected chi connectivity index (χ0v) is 34.4. The van der Waals surface area contributed by atoms with Crippen molar-refractivity contribution in [2.45, 2.75) is 45.4 Å². The van der Waals surface area contributed by atoms with Crippen LogP contribution in [0.1, 0.15) is 71.6 Å². The molecule has 0 saturated carbocycles. The van der Waals surface area contributed by atoms with Gasteiger partial charge in [-0.3, -0.25) is 4.99 Å². The van der Waals surface area contributed by atoms with E-state index in [1.807, 2.05) is 31.4 Å². The van der Waals surface area contributed by atoms with Gasteiger partial charge in [-0.15, -0.1) is 0 Å². The van der Waals surface area contributed by atoms with Gasteiger partial charge in [-0.25, -0.2) is 9.98 Å². The first-order valence-electron chi connectivity index (χ1n) is 21.3. The number of hydrogen-bond acceptors (Lipinski definition) is 1. The maximum Gasteiger partial charge on any atom is 0.161 e. The van der Waals surface area contributed by atoms with Crippen LogP contribution < -0.4 is 0 Å². The predicted molar refractivity (Wildman–Crippen MR) is 257 cm³/mol. The van der Waals surface area contributed by atoms with E-state index >= 15 is 0 Å². The molecular formula is C57H47N3. The van der Waals surface area contributed by atoms with Crippen molar-refractivity contribution < 1.29 is 0 Å². The highest BCUT2D eigenvalue weighted by Gasteiger charge is 2.28. The van der Waals surface area contributed by atoms with Crippen molar-refractivity contribution in [1.29, 1.82) is 0 Å². The topological polar surface area (TPSA) is 37.1 Å². The Morgan fingerprint density at radius 2 is 1.50 bits per heavy atom. The molecule has 6 aromatic carbocycles. The molecule has 6 aromatic rings. The number of allylic oxidation sites excluding steroid dienone is 11. The molecule has 0 spiro atoms. The highest BCUT2D eigenvalue weighted by atomic mass is 15.0. The van der Waals surface area contributed by atoms with Crippen LogP contribution in [0.5, 0.6) is 0 Å². The summed E-state index contributed by atoms with van der Waals surface area (Å²) in [6, 6.07) is 42.5. The van der Waals surface area contributed by atoms with Crippen molar-refractivity contribution >= 4 is 56.2 Å². The van der Waals surface area contributed by atoms with Crippen molar-refractivity contribution in [3.05, 3.63) is 220 Å². The van der Waals surface area contributed by atoms with Gasteiger partial charge in [0.2, 0.25) is 0 Å². The smallest absolute Gasteiger partial charge is 0.161 e. The molecule has 3 nitrogen and oxygen atoms in total. The Labute approximate surface area is 353 Å². The first-order valence-corrected chi connectivity index (χ1v) is 21.3. The number of nitrogens with zero attached hydrogens (tertiary/aromatic N) is 3. The molecule has 0 radical (unpaired) electrons. The Hall–Kier alpha value is -6.97. The monoisotopic (exact) mass is 773 g/mol. The molecular weight excluding hydrogens is 727 g/mol. The molecule has 10 rings (SSSR count). The second-order valence-corrected chi connectivity index (χ2v) is 16.1. The van der Waals surface area contributed by atoms with Gasteiger partial charge in [0.1, 0.15) is 0 Å². The lowest BCUT2D eigenvalue weighted by atomic mass is 9.85. The Bertz CT molecular complexity index is 3040. The maximum atomic E-state index is 5.16. The number of fused-ring (bicyclic) bond motifs is 7. The third-order valence-corrected chi connectivity index (χ3v) is 12.6.